The van der Waals surface area contributed by atoms with Crippen molar-refractivity contribution in [2.45, 2.75) is 12.5 Å². The first-order valence-corrected chi connectivity index (χ1v) is 6.92. The number of methoxy groups -OCH3 is 1. The maximum atomic E-state index is 5.88. The summed E-state index contributed by atoms with van der Waals surface area (Å²) in [5.41, 5.74) is 1.33. The topological polar surface area (TPSA) is 33.7 Å². The number of likely N-dealkylation sites (N-methyl/N-ethyl adjacent to an activating group) is 1. The van der Waals surface area contributed by atoms with Gasteiger partial charge in [0.1, 0.15) is 11.9 Å². The smallest absolute Gasteiger partial charge is 0.123 e. The van der Waals surface area contributed by atoms with Crippen LogP contribution in [0.3, 0.4) is 0 Å². The molecule has 4 heteroatoms. The fourth-order valence-corrected chi connectivity index (χ4v) is 2.26. The van der Waals surface area contributed by atoms with Gasteiger partial charge in [0.15, 0.2) is 0 Å². The number of ether oxygens (including phenoxy) is 2. The first-order valence-electron chi connectivity index (χ1n) is 6.92. The van der Waals surface area contributed by atoms with Crippen molar-refractivity contribution in [2.24, 2.45) is 0 Å². The summed E-state index contributed by atoms with van der Waals surface area (Å²) < 4.78 is 10.9. The van der Waals surface area contributed by atoms with Crippen molar-refractivity contribution in [1.29, 1.82) is 0 Å². The molecule has 1 N–H and O–H groups in total. The van der Waals surface area contributed by atoms with Crippen molar-refractivity contribution in [3.8, 4) is 5.75 Å². The van der Waals surface area contributed by atoms with Crippen molar-refractivity contribution in [1.82, 2.24) is 10.2 Å². The van der Waals surface area contributed by atoms with Gasteiger partial charge in [-0.25, -0.2) is 0 Å². The largest absolute Gasteiger partial charge is 0.488 e. The van der Waals surface area contributed by atoms with Crippen molar-refractivity contribution >= 4 is 0 Å². The number of nitrogens with one attached hydrogen (secondary N) is 1. The normalized spacial score (nSPS) is 17.5. The minimum atomic E-state index is 0.279. The molecule has 0 aliphatic carbocycles. The van der Waals surface area contributed by atoms with Gasteiger partial charge in [0.25, 0.3) is 0 Å². The fourth-order valence-electron chi connectivity index (χ4n) is 2.26. The van der Waals surface area contributed by atoms with Crippen molar-refractivity contribution in [3.63, 3.8) is 0 Å². The second-order valence-corrected chi connectivity index (χ2v) is 5.05. The van der Waals surface area contributed by atoms with Crippen LogP contribution < -0.4 is 10.1 Å². The van der Waals surface area contributed by atoms with Crippen LogP contribution in [0.15, 0.2) is 24.3 Å². The molecule has 0 bridgehead atoms. The number of fused-ring (bicyclic) bond motifs is 1. The molecule has 0 fully saturated rings. The van der Waals surface area contributed by atoms with Crippen molar-refractivity contribution < 1.29 is 9.47 Å². The van der Waals surface area contributed by atoms with E-state index in [9.17, 15) is 0 Å². The number of rotatable bonds is 8. The van der Waals surface area contributed by atoms with E-state index in [2.05, 4.69) is 29.4 Å². The van der Waals surface area contributed by atoms with Crippen LogP contribution in [0.5, 0.6) is 5.75 Å². The quantitative estimate of drug-likeness (QED) is 0.714. The highest BCUT2D eigenvalue weighted by atomic mass is 16.5. The van der Waals surface area contributed by atoms with E-state index in [1.165, 1.54) is 5.56 Å². The average Bonchev–Trinajstić information content (AvgIpc) is 2.84. The Kier molecular flexibility index (Phi) is 5.63. The Morgan fingerprint density at radius 2 is 2.21 bits per heavy atom. The first-order chi connectivity index (χ1) is 9.29. The molecule has 0 spiro atoms. The third kappa shape index (κ3) is 4.49. The first kappa shape index (κ1) is 14.3. The predicted octanol–water partition coefficient (Wildman–Crippen LogP) is 1.16. The molecule has 19 heavy (non-hydrogen) atoms. The summed E-state index contributed by atoms with van der Waals surface area (Å²) in [4.78, 5) is 2.26. The number of para-hydroxylation sites is 1. The van der Waals surface area contributed by atoms with E-state index in [-0.39, 0.29) is 6.10 Å². The molecule has 106 valence electrons. The highest BCUT2D eigenvalue weighted by Gasteiger charge is 2.21. The zero-order valence-electron chi connectivity index (χ0n) is 11.9. The molecule has 1 aromatic carbocycles. The molecule has 0 aromatic heterocycles. The van der Waals surface area contributed by atoms with E-state index >= 15 is 0 Å². The van der Waals surface area contributed by atoms with Gasteiger partial charge < -0.3 is 19.7 Å². The Balaban J connectivity index is 1.58. The molecular weight excluding hydrogens is 240 g/mol. The minimum absolute atomic E-state index is 0.279. The van der Waals surface area contributed by atoms with E-state index in [0.29, 0.717) is 0 Å². The van der Waals surface area contributed by atoms with E-state index in [0.717, 1.165) is 45.0 Å². The zero-order valence-corrected chi connectivity index (χ0v) is 11.9. The number of hydrogen-bond acceptors (Lipinski definition) is 4. The summed E-state index contributed by atoms with van der Waals surface area (Å²) in [5, 5.41) is 3.46. The van der Waals surface area contributed by atoms with Crippen LogP contribution in [-0.4, -0.2) is 57.9 Å². The molecule has 1 aromatic rings. The summed E-state index contributed by atoms with van der Waals surface area (Å²) in [6.45, 7) is 4.69. The molecule has 1 atom stereocenters. The summed E-state index contributed by atoms with van der Waals surface area (Å²) in [6, 6.07) is 8.30. The van der Waals surface area contributed by atoms with E-state index < -0.39 is 0 Å². The zero-order chi connectivity index (χ0) is 13.5. The SMILES string of the molecule is COCCN(C)CCNCC1Cc2ccccc2O1. The molecule has 1 heterocycles. The van der Waals surface area contributed by atoms with Crippen molar-refractivity contribution in [3.05, 3.63) is 29.8 Å². The highest BCUT2D eigenvalue weighted by Crippen LogP contribution is 2.27. The van der Waals surface area contributed by atoms with Crippen LogP contribution in [0.25, 0.3) is 0 Å². The number of benzene rings is 1. The van der Waals surface area contributed by atoms with Gasteiger partial charge in [0.2, 0.25) is 0 Å². The molecule has 2 rings (SSSR count). The molecule has 0 saturated heterocycles. The second-order valence-electron chi connectivity index (χ2n) is 5.05. The van der Waals surface area contributed by atoms with E-state index in [1.54, 1.807) is 7.11 Å². The van der Waals surface area contributed by atoms with Crippen LogP contribution in [-0.2, 0) is 11.2 Å². The van der Waals surface area contributed by atoms with Gasteiger partial charge in [-0.15, -0.1) is 0 Å². The monoisotopic (exact) mass is 264 g/mol. The van der Waals surface area contributed by atoms with Gasteiger partial charge in [-0.1, -0.05) is 18.2 Å². The Hall–Kier alpha value is -1.10. The second kappa shape index (κ2) is 7.48. The Morgan fingerprint density at radius 3 is 3.00 bits per heavy atom. The molecule has 4 nitrogen and oxygen atoms in total. The molecule has 0 radical (unpaired) electrons. The van der Waals surface area contributed by atoms with E-state index in [1.807, 2.05) is 12.1 Å². The lowest BCUT2D eigenvalue weighted by Gasteiger charge is -2.17. The van der Waals surface area contributed by atoms with Gasteiger partial charge in [-0.2, -0.15) is 0 Å². The summed E-state index contributed by atoms with van der Waals surface area (Å²) >= 11 is 0. The molecule has 0 amide bonds. The van der Waals surface area contributed by atoms with Crippen molar-refractivity contribution in [2.75, 3.05) is 46.9 Å². The highest BCUT2D eigenvalue weighted by molar-refractivity contribution is 5.37. The van der Waals surface area contributed by atoms with Crippen LogP contribution in [0, 0.1) is 0 Å². The van der Waals surface area contributed by atoms with Gasteiger partial charge in [0.05, 0.1) is 6.61 Å². The molecular formula is C15H24N2O2. The maximum absolute atomic E-state index is 5.88. The molecule has 0 saturated carbocycles. The maximum Gasteiger partial charge on any atom is 0.123 e. The van der Waals surface area contributed by atoms with Crippen LogP contribution in [0.1, 0.15) is 5.56 Å². The van der Waals surface area contributed by atoms with Crippen LogP contribution in [0.4, 0.5) is 0 Å². The lowest BCUT2D eigenvalue weighted by atomic mass is 10.1. The fraction of sp³-hybridized carbons (Fsp3) is 0.600. The van der Waals surface area contributed by atoms with E-state index in [4.69, 9.17) is 9.47 Å². The summed E-state index contributed by atoms with van der Waals surface area (Å²) in [5.74, 6) is 1.05. The Bertz CT molecular complexity index is 359. The van der Waals surface area contributed by atoms with Gasteiger partial charge >= 0.3 is 0 Å². The lowest BCUT2D eigenvalue weighted by molar-refractivity contribution is 0.160. The molecule has 1 aliphatic rings. The minimum Gasteiger partial charge on any atom is -0.488 e. The Labute approximate surface area is 115 Å². The lowest BCUT2D eigenvalue weighted by Crippen LogP contribution is -2.36. The third-order valence-electron chi connectivity index (χ3n) is 3.43. The average molecular weight is 264 g/mol. The summed E-state index contributed by atoms with van der Waals surface area (Å²) in [7, 11) is 3.85. The van der Waals surface area contributed by atoms with Crippen LogP contribution in [0.2, 0.25) is 0 Å². The van der Waals surface area contributed by atoms with Gasteiger partial charge in [-0.05, 0) is 18.7 Å². The molecule has 1 aliphatic heterocycles. The number of nitrogens with zero attached hydrogens (tertiary/aromatic N) is 1. The predicted molar refractivity (Wildman–Crippen MR) is 76.8 cm³/mol. The van der Waals surface area contributed by atoms with Gasteiger partial charge in [0, 0.05) is 39.7 Å². The summed E-state index contributed by atoms with van der Waals surface area (Å²) in [6.07, 6.45) is 1.30. The standard InChI is InChI=1S/C15H24N2O2/c1-17(9-10-18-2)8-7-16-12-14-11-13-5-3-4-6-15(13)19-14/h3-6,14,16H,7-12H2,1-2H3. The Morgan fingerprint density at radius 1 is 1.37 bits per heavy atom. The number of hydrogen-bond donors (Lipinski definition) is 1. The van der Waals surface area contributed by atoms with Crippen LogP contribution >= 0.6 is 0 Å². The van der Waals surface area contributed by atoms with Gasteiger partial charge in [-0.3, -0.25) is 0 Å². The molecule has 1 unspecified atom stereocenters. The third-order valence-corrected chi connectivity index (χ3v) is 3.43.